The number of ether oxygens (including phenoxy) is 1. The van der Waals surface area contributed by atoms with Crippen molar-refractivity contribution in [2.75, 3.05) is 5.32 Å². The number of anilines is 2. The number of aromatic nitrogens is 2. The molecule has 0 radical (unpaired) electrons. The zero-order valence-electron chi connectivity index (χ0n) is 11.1. The summed E-state index contributed by atoms with van der Waals surface area (Å²) in [5.74, 6) is 0.693. The van der Waals surface area contributed by atoms with Gasteiger partial charge in [-0.15, -0.1) is 0 Å². The lowest BCUT2D eigenvalue weighted by atomic mass is 10.1. The lowest BCUT2D eigenvalue weighted by molar-refractivity contribution is -0.0497. The van der Waals surface area contributed by atoms with E-state index in [0.29, 0.717) is 11.0 Å². The maximum atomic E-state index is 12.3. The first-order chi connectivity index (χ1) is 10.6. The average Bonchev–Trinajstić information content (AvgIpc) is 2.49. The fourth-order valence-electron chi connectivity index (χ4n) is 2.02. The molecule has 3 aromatic rings. The molecule has 0 bridgehead atoms. The summed E-state index contributed by atoms with van der Waals surface area (Å²) in [5.41, 5.74) is 0.720. The molecule has 0 aliphatic rings. The van der Waals surface area contributed by atoms with E-state index >= 15 is 0 Å². The third-order valence-electron chi connectivity index (χ3n) is 2.95. The van der Waals surface area contributed by atoms with Crippen LogP contribution >= 0.6 is 11.6 Å². The quantitative estimate of drug-likeness (QED) is 0.712. The van der Waals surface area contributed by atoms with E-state index in [2.05, 4.69) is 20.0 Å². The first kappa shape index (κ1) is 14.5. The van der Waals surface area contributed by atoms with Gasteiger partial charge in [-0.25, -0.2) is 9.97 Å². The number of rotatable bonds is 4. The van der Waals surface area contributed by atoms with Crippen LogP contribution in [0.25, 0.3) is 10.8 Å². The summed E-state index contributed by atoms with van der Waals surface area (Å²) in [5, 5.41) is 5.02. The Morgan fingerprint density at radius 2 is 1.95 bits per heavy atom. The number of benzene rings is 1. The van der Waals surface area contributed by atoms with Crippen LogP contribution in [0.15, 0.2) is 48.8 Å². The number of hydrogen-bond acceptors (Lipinski definition) is 4. The van der Waals surface area contributed by atoms with Crippen LogP contribution in [-0.2, 0) is 0 Å². The van der Waals surface area contributed by atoms with Crippen molar-refractivity contribution in [1.29, 1.82) is 0 Å². The van der Waals surface area contributed by atoms with Crippen LogP contribution in [-0.4, -0.2) is 16.6 Å². The van der Waals surface area contributed by atoms with Gasteiger partial charge in [-0.05, 0) is 41.8 Å². The molecule has 2 heterocycles. The summed E-state index contributed by atoms with van der Waals surface area (Å²) in [7, 11) is 0. The molecule has 0 aliphatic heterocycles. The Kier molecular flexibility index (Phi) is 4.02. The van der Waals surface area contributed by atoms with Crippen molar-refractivity contribution in [2.24, 2.45) is 0 Å². The van der Waals surface area contributed by atoms with Crippen LogP contribution in [0.3, 0.4) is 0 Å². The molecule has 0 atom stereocenters. The molecule has 0 fully saturated rings. The van der Waals surface area contributed by atoms with Crippen LogP contribution in [0.2, 0.25) is 5.15 Å². The highest BCUT2D eigenvalue weighted by atomic mass is 35.5. The van der Waals surface area contributed by atoms with Crippen molar-refractivity contribution in [3.63, 3.8) is 0 Å². The van der Waals surface area contributed by atoms with Gasteiger partial charge in [-0.1, -0.05) is 11.6 Å². The summed E-state index contributed by atoms with van der Waals surface area (Å²) in [6.07, 6.45) is 3.16. The van der Waals surface area contributed by atoms with E-state index in [0.717, 1.165) is 16.5 Å². The first-order valence-corrected chi connectivity index (χ1v) is 6.72. The zero-order valence-corrected chi connectivity index (χ0v) is 11.9. The van der Waals surface area contributed by atoms with E-state index < -0.39 is 6.61 Å². The number of alkyl halides is 2. The lowest BCUT2D eigenvalue weighted by Gasteiger charge is -2.10. The van der Waals surface area contributed by atoms with Crippen molar-refractivity contribution >= 4 is 33.9 Å². The minimum Gasteiger partial charge on any atom is -0.435 e. The summed E-state index contributed by atoms with van der Waals surface area (Å²) < 4.78 is 28.9. The third kappa shape index (κ3) is 3.23. The average molecular weight is 322 g/mol. The van der Waals surface area contributed by atoms with Gasteiger partial charge in [0.25, 0.3) is 0 Å². The van der Waals surface area contributed by atoms with Crippen molar-refractivity contribution in [3.8, 4) is 5.75 Å². The van der Waals surface area contributed by atoms with Crippen LogP contribution in [0.5, 0.6) is 5.75 Å². The van der Waals surface area contributed by atoms with Gasteiger partial charge in [0.05, 0.1) is 11.9 Å². The van der Waals surface area contributed by atoms with Crippen LogP contribution in [0.1, 0.15) is 0 Å². The number of hydrogen-bond donors (Lipinski definition) is 1. The van der Waals surface area contributed by atoms with Gasteiger partial charge in [0.2, 0.25) is 0 Å². The molecule has 7 heteroatoms. The monoisotopic (exact) mass is 321 g/mol. The number of halogens is 3. The number of nitrogens with zero attached hydrogens (tertiary/aromatic N) is 2. The van der Waals surface area contributed by atoms with E-state index in [-0.39, 0.29) is 5.75 Å². The normalized spacial score (nSPS) is 10.9. The van der Waals surface area contributed by atoms with Gasteiger partial charge in [0.15, 0.2) is 0 Å². The predicted octanol–water partition coefficient (Wildman–Crippen LogP) is 4.63. The maximum Gasteiger partial charge on any atom is 0.387 e. The van der Waals surface area contributed by atoms with Crippen LogP contribution < -0.4 is 10.1 Å². The molecule has 0 saturated carbocycles. The van der Waals surface area contributed by atoms with Gasteiger partial charge in [0, 0.05) is 11.6 Å². The summed E-state index contributed by atoms with van der Waals surface area (Å²) in [6.45, 7) is -2.85. The van der Waals surface area contributed by atoms with E-state index in [9.17, 15) is 8.78 Å². The molecule has 112 valence electrons. The van der Waals surface area contributed by atoms with Gasteiger partial charge < -0.3 is 10.1 Å². The van der Waals surface area contributed by atoms with E-state index in [1.807, 2.05) is 0 Å². The molecule has 0 aliphatic carbocycles. The smallest absolute Gasteiger partial charge is 0.387 e. The Balaban J connectivity index is 1.94. The summed E-state index contributed by atoms with van der Waals surface area (Å²) >= 11 is 5.74. The molecule has 22 heavy (non-hydrogen) atoms. The maximum absolute atomic E-state index is 12.3. The van der Waals surface area contributed by atoms with Gasteiger partial charge >= 0.3 is 6.61 Å². The fourth-order valence-corrected chi connectivity index (χ4v) is 2.13. The Morgan fingerprint density at radius 3 is 2.68 bits per heavy atom. The van der Waals surface area contributed by atoms with E-state index in [1.165, 1.54) is 12.1 Å². The highest BCUT2D eigenvalue weighted by Gasteiger charge is 2.08. The second kappa shape index (κ2) is 6.11. The minimum absolute atomic E-state index is 0.104. The second-order valence-electron chi connectivity index (χ2n) is 4.42. The molecule has 0 saturated heterocycles. The second-order valence-corrected chi connectivity index (χ2v) is 4.80. The highest BCUT2D eigenvalue weighted by molar-refractivity contribution is 6.29. The first-order valence-electron chi connectivity index (χ1n) is 6.34. The molecule has 1 aromatic carbocycles. The fraction of sp³-hybridized carbons (Fsp3) is 0.0667. The van der Waals surface area contributed by atoms with Crippen LogP contribution in [0, 0.1) is 0 Å². The molecular formula is C15H10ClF2N3O. The molecular weight excluding hydrogens is 312 g/mol. The minimum atomic E-state index is -2.85. The zero-order chi connectivity index (χ0) is 15.5. The van der Waals surface area contributed by atoms with Crippen molar-refractivity contribution in [2.45, 2.75) is 6.61 Å². The van der Waals surface area contributed by atoms with Crippen LogP contribution in [0.4, 0.5) is 20.3 Å². The Bertz CT molecular complexity index is 796. The van der Waals surface area contributed by atoms with Crippen molar-refractivity contribution < 1.29 is 13.5 Å². The molecule has 4 nitrogen and oxygen atoms in total. The topological polar surface area (TPSA) is 47.0 Å². The van der Waals surface area contributed by atoms with Gasteiger partial charge in [-0.2, -0.15) is 8.78 Å². The largest absolute Gasteiger partial charge is 0.435 e. The Hall–Kier alpha value is -2.47. The van der Waals surface area contributed by atoms with Crippen molar-refractivity contribution in [1.82, 2.24) is 9.97 Å². The third-order valence-corrected chi connectivity index (χ3v) is 3.17. The standard InChI is InChI=1S/C15H10ClF2N3O/c16-13-4-1-10(8-20-13)21-14-12-3-2-11(22-15(17)18)7-9(12)5-6-19-14/h1-8,15H,(H,19,21). The van der Waals surface area contributed by atoms with E-state index in [1.54, 1.807) is 36.7 Å². The molecule has 0 unspecified atom stereocenters. The molecule has 0 spiro atoms. The highest BCUT2D eigenvalue weighted by Crippen LogP contribution is 2.28. The van der Waals surface area contributed by atoms with Crippen molar-refractivity contribution in [3.05, 3.63) is 53.9 Å². The Labute approximate surface area is 129 Å². The molecule has 2 aromatic heterocycles. The Morgan fingerprint density at radius 1 is 1.09 bits per heavy atom. The molecule has 1 N–H and O–H groups in total. The number of nitrogens with one attached hydrogen (secondary N) is 1. The molecule has 0 amide bonds. The summed E-state index contributed by atoms with van der Waals surface area (Å²) in [6, 6.07) is 9.83. The summed E-state index contributed by atoms with van der Waals surface area (Å²) in [4.78, 5) is 8.23. The predicted molar refractivity (Wildman–Crippen MR) is 80.9 cm³/mol. The molecule has 3 rings (SSSR count). The number of fused-ring (bicyclic) bond motifs is 1. The lowest BCUT2D eigenvalue weighted by Crippen LogP contribution is -2.01. The SMILES string of the molecule is FC(F)Oc1ccc2c(Nc3ccc(Cl)nc3)nccc2c1. The van der Waals surface area contributed by atoms with Gasteiger partial charge in [-0.3, -0.25) is 0 Å². The number of pyridine rings is 2. The van der Waals surface area contributed by atoms with E-state index in [4.69, 9.17) is 11.6 Å². The van der Waals surface area contributed by atoms with Gasteiger partial charge in [0.1, 0.15) is 16.7 Å².